The van der Waals surface area contributed by atoms with E-state index in [1.807, 2.05) is 6.08 Å². The summed E-state index contributed by atoms with van der Waals surface area (Å²) in [6, 6.07) is -0.801. The van der Waals surface area contributed by atoms with Gasteiger partial charge >= 0.3 is 0 Å². The molecule has 1 amide bonds. The molecule has 9 nitrogen and oxygen atoms in total. The van der Waals surface area contributed by atoms with Gasteiger partial charge in [0.05, 0.1) is 25.4 Å². The predicted octanol–water partition coefficient (Wildman–Crippen LogP) is 16.7. The van der Waals surface area contributed by atoms with Gasteiger partial charge in [-0.05, 0) is 19.3 Å². The number of ether oxygens (including phenoxy) is 2. The average molecular weight is 1040 g/mol. The highest BCUT2D eigenvalue weighted by atomic mass is 16.7. The van der Waals surface area contributed by atoms with Crippen molar-refractivity contribution in [1.29, 1.82) is 0 Å². The second-order valence-electron chi connectivity index (χ2n) is 22.9. The van der Waals surface area contributed by atoms with Crippen LogP contribution >= 0.6 is 0 Å². The molecule has 0 bridgehead atoms. The number of rotatable bonds is 57. The van der Waals surface area contributed by atoms with Crippen molar-refractivity contribution in [2.45, 2.75) is 378 Å². The molecule has 434 valence electrons. The Bertz CT molecular complexity index is 1150. The van der Waals surface area contributed by atoms with Crippen molar-refractivity contribution in [3.05, 3.63) is 12.2 Å². The molecule has 0 aromatic carbocycles. The van der Waals surface area contributed by atoms with E-state index >= 15 is 0 Å². The molecule has 7 unspecified atom stereocenters. The van der Waals surface area contributed by atoms with Gasteiger partial charge in [0.2, 0.25) is 5.91 Å². The molecule has 1 fully saturated rings. The fourth-order valence-electron chi connectivity index (χ4n) is 10.8. The first-order valence-electron chi connectivity index (χ1n) is 32.4. The molecule has 1 heterocycles. The fourth-order valence-corrected chi connectivity index (χ4v) is 10.8. The van der Waals surface area contributed by atoms with Crippen LogP contribution in [0.2, 0.25) is 0 Å². The summed E-state index contributed by atoms with van der Waals surface area (Å²) in [6.07, 6.45) is 61.6. The van der Waals surface area contributed by atoms with Gasteiger partial charge in [0, 0.05) is 6.42 Å². The number of aliphatic hydroxyl groups excluding tert-OH is 5. The SMILES string of the molecule is CCCCCCCCCCCCCCCCCCCC/C=C/C(O)C(COC1OC(CO)C(O)C(O)C1O)NC(=O)CCCCCCCCCCCCCCCCCCCCCCCCCCCCCCCC. The molecule has 9 heteroatoms. The second kappa shape index (κ2) is 54.3. The van der Waals surface area contributed by atoms with E-state index < -0.39 is 49.5 Å². The van der Waals surface area contributed by atoms with E-state index in [9.17, 15) is 30.3 Å². The van der Waals surface area contributed by atoms with E-state index in [0.29, 0.717) is 6.42 Å². The zero-order valence-corrected chi connectivity index (χ0v) is 48.4. The lowest BCUT2D eigenvalue weighted by Gasteiger charge is -2.40. The van der Waals surface area contributed by atoms with Crippen LogP contribution in [-0.2, 0) is 14.3 Å². The second-order valence-corrected chi connectivity index (χ2v) is 22.9. The summed E-state index contributed by atoms with van der Waals surface area (Å²) in [5.74, 6) is -0.168. The van der Waals surface area contributed by atoms with Gasteiger partial charge in [-0.1, -0.05) is 321 Å². The lowest BCUT2D eigenvalue weighted by atomic mass is 9.99. The standard InChI is InChI=1S/C64H125NO8/c1-3-5-7-9-11-13-15-17-19-21-23-25-26-27-28-29-30-31-32-33-34-36-38-40-42-44-46-48-50-52-54-60(68)65-57(56-72-64-63(71)62(70)61(69)59(55-66)73-64)58(67)53-51-49-47-45-43-41-39-37-35-24-22-20-18-16-14-12-10-8-6-4-2/h51,53,57-59,61-64,66-67,69-71H,3-50,52,54-56H2,1-2H3,(H,65,68)/b53-51+. The summed E-state index contributed by atoms with van der Waals surface area (Å²) in [5, 5.41) is 54.6. The molecule has 0 saturated carbocycles. The van der Waals surface area contributed by atoms with Gasteiger partial charge in [-0.2, -0.15) is 0 Å². The quantitative estimate of drug-likeness (QED) is 0.0261. The maximum absolute atomic E-state index is 13.1. The van der Waals surface area contributed by atoms with Gasteiger partial charge in [0.1, 0.15) is 24.4 Å². The molecule has 1 aliphatic rings. The third-order valence-corrected chi connectivity index (χ3v) is 15.9. The summed E-state index contributed by atoms with van der Waals surface area (Å²) in [7, 11) is 0. The minimum Gasteiger partial charge on any atom is -0.394 e. The third-order valence-electron chi connectivity index (χ3n) is 15.9. The number of carbonyl (C=O) groups excluding carboxylic acids is 1. The van der Waals surface area contributed by atoms with Crippen LogP contribution < -0.4 is 5.32 Å². The van der Waals surface area contributed by atoms with Gasteiger partial charge in [0.25, 0.3) is 0 Å². The number of nitrogens with one attached hydrogen (secondary N) is 1. The third kappa shape index (κ3) is 43.6. The van der Waals surface area contributed by atoms with E-state index in [4.69, 9.17) is 9.47 Å². The monoisotopic (exact) mass is 1040 g/mol. The summed E-state index contributed by atoms with van der Waals surface area (Å²) in [6.45, 7) is 3.83. The van der Waals surface area contributed by atoms with Crippen molar-refractivity contribution in [2.75, 3.05) is 13.2 Å². The van der Waals surface area contributed by atoms with Crippen molar-refractivity contribution >= 4 is 5.91 Å². The van der Waals surface area contributed by atoms with Gasteiger partial charge in [-0.3, -0.25) is 4.79 Å². The van der Waals surface area contributed by atoms with Gasteiger partial charge in [-0.15, -0.1) is 0 Å². The molecule has 0 spiro atoms. The number of hydrogen-bond acceptors (Lipinski definition) is 8. The van der Waals surface area contributed by atoms with E-state index in [1.54, 1.807) is 6.08 Å². The van der Waals surface area contributed by atoms with E-state index in [2.05, 4.69) is 19.2 Å². The molecule has 0 aromatic rings. The Labute approximate surface area is 452 Å². The van der Waals surface area contributed by atoms with Crippen LogP contribution in [0.5, 0.6) is 0 Å². The van der Waals surface area contributed by atoms with E-state index in [1.165, 1.54) is 276 Å². The van der Waals surface area contributed by atoms with Crippen LogP contribution in [0, 0.1) is 0 Å². The Kier molecular flexibility index (Phi) is 52.0. The summed E-state index contributed by atoms with van der Waals surface area (Å²) >= 11 is 0. The van der Waals surface area contributed by atoms with Gasteiger partial charge < -0.3 is 40.3 Å². The molecule has 7 atom stereocenters. The predicted molar refractivity (Wildman–Crippen MR) is 309 cm³/mol. The fraction of sp³-hybridized carbons (Fsp3) is 0.953. The van der Waals surface area contributed by atoms with Crippen LogP contribution in [0.15, 0.2) is 12.2 Å². The molecule has 0 aliphatic carbocycles. The molecule has 1 saturated heterocycles. The Morgan fingerprint density at radius 3 is 1.07 bits per heavy atom. The molecule has 1 rings (SSSR count). The van der Waals surface area contributed by atoms with Gasteiger partial charge in [-0.25, -0.2) is 0 Å². The van der Waals surface area contributed by atoms with E-state index in [0.717, 1.165) is 38.5 Å². The first-order chi connectivity index (χ1) is 35.8. The Balaban J connectivity index is 2.13. The van der Waals surface area contributed by atoms with Crippen LogP contribution in [0.25, 0.3) is 0 Å². The molecule has 0 radical (unpaired) electrons. The molecule has 73 heavy (non-hydrogen) atoms. The van der Waals surface area contributed by atoms with Crippen molar-refractivity contribution in [2.24, 2.45) is 0 Å². The number of allylic oxidation sites excluding steroid dienone is 1. The smallest absolute Gasteiger partial charge is 0.220 e. The Hall–Kier alpha value is -1.07. The Morgan fingerprint density at radius 2 is 0.753 bits per heavy atom. The topological polar surface area (TPSA) is 149 Å². The lowest BCUT2D eigenvalue weighted by molar-refractivity contribution is -0.302. The zero-order valence-electron chi connectivity index (χ0n) is 48.4. The Morgan fingerprint density at radius 1 is 0.452 bits per heavy atom. The van der Waals surface area contributed by atoms with E-state index in [-0.39, 0.29) is 12.5 Å². The lowest BCUT2D eigenvalue weighted by Crippen LogP contribution is -2.60. The average Bonchev–Trinajstić information content (AvgIpc) is 3.39. The maximum Gasteiger partial charge on any atom is 0.220 e. The highest BCUT2D eigenvalue weighted by Crippen LogP contribution is 2.23. The molecule has 6 N–H and O–H groups in total. The van der Waals surface area contributed by atoms with Crippen molar-refractivity contribution < 1.29 is 39.8 Å². The maximum atomic E-state index is 13.1. The molecule has 0 aromatic heterocycles. The molecular formula is C64H125NO8. The molecule has 1 aliphatic heterocycles. The highest BCUT2D eigenvalue weighted by molar-refractivity contribution is 5.76. The van der Waals surface area contributed by atoms with Crippen LogP contribution in [-0.4, -0.2) is 87.5 Å². The van der Waals surface area contributed by atoms with Gasteiger partial charge in [0.15, 0.2) is 6.29 Å². The molecular weight excluding hydrogens is 911 g/mol. The van der Waals surface area contributed by atoms with Crippen molar-refractivity contribution in [3.8, 4) is 0 Å². The minimum atomic E-state index is -1.56. The number of aliphatic hydroxyl groups is 5. The van der Waals surface area contributed by atoms with Crippen LogP contribution in [0.1, 0.15) is 335 Å². The van der Waals surface area contributed by atoms with Crippen LogP contribution in [0.3, 0.4) is 0 Å². The number of unbranched alkanes of at least 4 members (excludes halogenated alkanes) is 47. The summed E-state index contributed by atoms with van der Waals surface area (Å²) < 4.78 is 11.3. The first-order valence-corrected chi connectivity index (χ1v) is 32.4. The highest BCUT2D eigenvalue weighted by Gasteiger charge is 2.44. The minimum absolute atomic E-state index is 0.168. The van der Waals surface area contributed by atoms with Crippen LogP contribution in [0.4, 0.5) is 0 Å². The first kappa shape index (κ1) is 69.9. The number of hydrogen-bond donors (Lipinski definition) is 6. The number of amides is 1. The number of carbonyl (C=O) groups is 1. The summed E-state index contributed by atoms with van der Waals surface area (Å²) in [4.78, 5) is 13.1. The van der Waals surface area contributed by atoms with Crippen molar-refractivity contribution in [1.82, 2.24) is 5.32 Å². The largest absolute Gasteiger partial charge is 0.394 e. The summed E-state index contributed by atoms with van der Waals surface area (Å²) in [5.41, 5.74) is 0. The normalized spacial score (nSPS) is 19.0. The zero-order chi connectivity index (χ0) is 52.9. The van der Waals surface area contributed by atoms with Crippen molar-refractivity contribution in [3.63, 3.8) is 0 Å².